The zero-order chi connectivity index (χ0) is 16.5. The number of hydrogen-bond acceptors (Lipinski definition) is 6. The number of aryl methyl sites for hydroxylation is 1. The number of carbonyl (C=O) groups is 3. The summed E-state index contributed by atoms with van der Waals surface area (Å²) in [6, 6.07) is 1.95. The molecule has 1 aromatic heterocycles. The van der Waals surface area contributed by atoms with Crippen LogP contribution in [0.15, 0.2) is 16.4 Å². The largest absolute Gasteiger partial charge is 0.459 e. The molecule has 1 fully saturated rings. The molecular formula is C15H17NO4S2. The highest BCUT2D eigenvalue weighted by atomic mass is 32.2. The minimum absolute atomic E-state index is 0.333. The topological polar surface area (TPSA) is 63.7 Å². The number of imide groups is 1. The van der Waals surface area contributed by atoms with E-state index in [-0.39, 0.29) is 6.54 Å². The van der Waals surface area contributed by atoms with Crippen molar-refractivity contribution in [3.05, 3.63) is 26.8 Å². The maximum absolute atomic E-state index is 12.3. The van der Waals surface area contributed by atoms with Gasteiger partial charge >= 0.3 is 5.97 Å². The van der Waals surface area contributed by atoms with Gasteiger partial charge in [-0.3, -0.25) is 19.3 Å². The number of esters is 1. The Morgan fingerprint density at radius 2 is 2.05 bits per heavy atom. The van der Waals surface area contributed by atoms with Gasteiger partial charge in [0.2, 0.25) is 0 Å². The van der Waals surface area contributed by atoms with E-state index in [0.29, 0.717) is 4.91 Å². The molecule has 0 N–H and O–H groups in total. The molecule has 0 saturated carbocycles. The van der Waals surface area contributed by atoms with Crippen molar-refractivity contribution in [3.8, 4) is 0 Å². The molecule has 2 heterocycles. The SMILES string of the molecule is Cc1ccsc1/C=C1/SC(=O)N(CC(=O)OC(C)(C)C)C1=O. The fourth-order valence-electron chi connectivity index (χ4n) is 1.79. The second-order valence-corrected chi connectivity index (χ2v) is 7.76. The van der Waals surface area contributed by atoms with Crippen molar-refractivity contribution in [1.82, 2.24) is 4.90 Å². The molecule has 1 saturated heterocycles. The molecule has 5 nitrogen and oxygen atoms in total. The highest BCUT2D eigenvalue weighted by Gasteiger charge is 2.37. The number of hydrogen-bond donors (Lipinski definition) is 0. The summed E-state index contributed by atoms with van der Waals surface area (Å²) in [6.07, 6.45) is 1.69. The highest BCUT2D eigenvalue weighted by molar-refractivity contribution is 8.18. The number of nitrogens with zero attached hydrogens (tertiary/aromatic N) is 1. The van der Waals surface area contributed by atoms with Crippen LogP contribution in [0, 0.1) is 6.92 Å². The average molecular weight is 339 g/mol. The van der Waals surface area contributed by atoms with E-state index in [1.54, 1.807) is 26.8 Å². The van der Waals surface area contributed by atoms with Crippen molar-refractivity contribution < 1.29 is 19.1 Å². The third kappa shape index (κ3) is 3.98. The van der Waals surface area contributed by atoms with Crippen LogP contribution in [0.1, 0.15) is 31.2 Å². The molecule has 1 aliphatic rings. The van der Waals surface area contributed by atoms with Crippen LogP contribution in [0.4, 0.5) is 4.79 Å². The summed E-state index contributed by atoms with van der Waals surface area (Å²) in [4.78, 5) is 38.2. The predicted molar refractivity (Wildman–Crippen MR) is 87.6 cm³/mol. The first-order valence-corrected chi connectivity index (χ1v) is 8.38. The molecule has 0 unspecified atom stereocenters. The molecule has 0 bridgehead atoms. The molecular weight excluding hydrogens is 322 g/mol. The van der Waals surface area contributed by atoms with E-state index in [1.807, 2.05) is 18.4 Å². The molecule has 1 aliphatic heterocycles. The predicted octanol–water partition coefficient (Wildman–Crippen LogP) is 3.43. The van der Waals surface area contributed by atoms with Gasteiger partial charge in [0.1, 0.15) is 12.1 Å². The maximum Gasteiger partial charge on any atom is 0.326 e. The number of ether oxygens (including phenoxy) is 1. The van der Waals surface area contributed by atoms with Gasteiger partial charge in [0.25, 0.3) is 11.1 Å². The van der Waals surface area contributed by atoms with E-state index < -0.39 is 22.7 Å². The van der Waals surface area contributed by atoms with Crippen LogP contribution in [0.3, 0.4) is 0 Å². The Kier molecular flexibility index (Phi) is 4.77. The Hall–Kier alpha value is -1.60. The average Bonchev–Trinajstić information content (AvgIpc) is 2.87. The van der Waals surface area contributed by atoms with Gasteiger partial charge in [-0.2, -0.15) is 0 Å². The number of rotatable bonds is 3. The van der Waals surface area contributed by atoms with E-state index in [1.165, 1.54) is 11.3 Å². The fourth-order valence-corrected chi connectivity index (χ4v) is 3.54. The van der Waals surface area contributed by atoms with E-state index in [9.17, 15) is 14.4 Å². The third-order valence-corrected chi connectivity index (χ3v) is 4.62. The number of carbonyl (C=O) groups excluding carboxylic acids is 3. The Bertz CT molecular complexity index is 655. The fraction of sp³-hybridized carbons (Fsp3) is 0.400. The standard InChI is InChI=1S/C15H17NO4S2/c1-9-5-6-21-10(9)7-11-13(18)16(14(19)22-11)8-12(17)20-15(2,3)4/h5-7H,8H2,1-4H3/b11-7+. The summed E-state index contributed by atoms with van der Waals surface area (Å²) in [5, 5.41) is 1.47. The van der Waals surface area contributed by atoms with Gasteiger partial charge in [-0.1, -0.05) is 0 Å². The Labute approximate surface area is 137 Å². The Morgan fingerprint density at radius 3 is 2.59 bits per heavy atom. The normalized spacial score (nSPS) is 17.5. The lowest BCUT2D eigenvalue weighted by atomic mass is 10.2. The second-order valence-electron chi connectivity index (χ2n) is 5.82. The molecule has 0 radical (unpaired) electrons. The van der Waals surface area contributed by atoms with Crippen LogP contribution in [0.25, 0.3) is 6.08 Å². The summed E-state index contributed by atoms with van der Waals surface area (Å²) >= 11 is 2.35. The quantitative estimate of drug-likeness (QED) is 0.623. The van der Waals surface area contributed by atoms with Crippen LogP contribution in [-0.2, 0) is 14.3 Å². The number of thioether (sulfide) groups is 1. The minimum Gasteiger partial charge on any atom is -0.459 e. The lowest BCUT2D eigenvalue weighted by molar-refractivity contribution is -0.156. The third-order valence-electron chi connectivity index (χ3n) is 2.74. The first kappa shape index (κ1) is 16.8. The van der Waals surface area contributed by atoms with Gasteiger partial charge in [-0.25, -0.2) is 0 Å². The van der Waals surface area contributed by atoms with Crippen molar-refractivity contribution in [3.63, 3.8) is 0 Å². The van der Waals surface area contributed by atoms with Gasteiger partial charge in [0.15, 0.2) is 0 Å². The lowest BCUT2D eigenvalue weighted by Crippen LogP contribution is -2.37. The molecule has 22 heavy (non-hydrogen) atoms. The maximum atomic E-state index is 12.3. The molecule has 7 heteroatoms. The number of thiophene rings is 1. The van der Waals surface area contributed by atoms with Gasteiger partial charge in [-0.15, -0.1) is 11.3 Å². The van der Waals surface area contributed by atoms with Crippen molar-refractivity contribution >= 4 is 46.3 Å². The van der Waals surface area contributed by atoms with Gasteiger partial charge in [-0.05, 0) is 62.5 Å². The lowest BCUT2D eigenvalue weighted by Gasteiger charge is -2.21. The molecule has 2 rings (SSSR count). The van der Waals surface area contributed by atoms with Crippen LogP contribution >= 0.6 is 23.1 Å². The van der Waals surface area contributed by atoms with Gasteiger partial charge in [0.05, 0.1) is 4.91 Å². The zero-order valence-electron chi connectivity index (χ0n) is 12.8. The Balaban J connectivity index is 2.11. The van der Waals surface area contributed by atoms with Crippen molar-refractivity contribution in [2.24, 2.45) is 0 Å². The van der Waals surface area contributed by atoms with E-state index >= 15 is 0 Å². The first-order valence-electron chi connectivity index (χ1n) is 6.69. The second kappa shape index (κ2) is 6.26. The van der Waals surface area contributed by atoms with Crippen LogP contribution in [0.5, 0.6) is 0 Å². The first-order chi connectivity index (χ1) is 10.2. The van der Waals surface area contributed by atoms with E-state index in [4.69, 9.17) is 4.74 Å². The summed E-state index contributed by atoms with van der Waals surface area (Å²) in [7, 11) is 0. The van der Waals surface area contributed by atoms with Crippen molar-refractivity contribution in [1.29, 1.82) is 0 Å². The van der Waals surface area contributed by atoms with E-state index in [0.717, 1.165) is 27.1 Å². The zero-order valence-corrected chi connectivity index (χ0v) is 14.5. The van der Waals surface area contributed by atoms with Crippen molar-refractivity contribution in [2.45, 2.75) is 33.3 Å². The summed E-state index contributed by atoms with van der Waals surface area (Å²) in [5.41, 5.74) is 0.395. The van der Waals surface area contributed by atoms with E-state index in [2.05, 4.69) is 0 Å². The smallest absolute Gasteiger partial charge is 0.326 e. The Morgan fingerprint density at radius 1 is 1.36 bits per heavy atom. The number of amides is 2. The molecule has 1 aromatic rings. The molecule has 0 aliphatic carbocycles. The van der Waals surface area contributed by atoms with Gasteiger partial charge in [0, 0.05) is 4.88 Å². The minimum atomic E-state index is -0.650. The molecule has 2 amide bonds. The highest BCUT2D eigenvalue weighted by Crippen LogP contribution is 2.33. The van der Waals surface area contributed by atoms with Crippen molar-refractivity contribution in [2.75, 3.05) is 6.54 Å². The summed E-state index contributed by atoms with van der Waals surface area (Å²) in [5.74, 6) is -1.04. The molecule has 0 atom stereocenters. The molecule has 118 valence electrons. The van der Waals surface area contributed by atoms with Crippen LogP contribution < -0.4 is 0 Å². The van der Waals surface area contributed by atoms with Crippen LogP contribution in [0.2, 0.25) is 0 Å². The summed E-state index contributed by atoms with van der Waals surface area (Å²) in [6.45, 7) is 6.78. The van der Waals surface area contributed by atoms with Crippen LogP contribution in [-0.4, -0.2) is 34.2 Å². The summed E-state index contributed by atoms with van der Waals surface area (Å²) < 4.78 is 5.14. The monoisotopic (exact) mass is 339 g/mol. The molecule has 0 aromatic carbocycles. The van der Waals surface area contributed by atoms with Gasteiger partial charge < -0.3 is 4.74 Å². The molecule has 0 spiro atoms.